The Kier molecular flexibility index (Phi) is 4.18. The first-order valence-corrected chi connectivity index (χ1v) is 8.07. The van der Waals surface area contributed by atoms with Crippen molar-refractivity contribution in [1.29, 1.82) is 5.26 Å². The third-order valence-corrected chi connectivity index (χ3v) is 4.00. The molecule has 0 aliphatic rings. The molecule has 3 rings (SSSR count). The molecule has 0 bridgehead atoms. The molecule has 2 aromatic carbocycles. The van der Waals surface area contributed by atoms with Crippen LogP contribution in [0.2, 0.25) is 0 Å². The summed E-state index contributed by atoms with van der Waals surface area (Å²) in [6, 6.07) is 24.6. The van der Waals surface area contributed by atoms with E-state index < -0.39 is 0 Å². The molecule has 0 radical (unpaired) electrons. The zero-order valence-electron chi connectivity index (χ0n) is 14.2. The average molecular weight is 312 g/mol. The maximum absolute atomic E-state index is 9.80. The number of hydrogen-bond donors (Lipinski definition) is 0. The van der Waals surface area contributed by atoms with Crippen LogP contribution in [0.5, 0.6) is 0 Å². The molecular weight excluding hydrogens is 292 g/mol. The second-order valence-electron chi connectivity index (χ2n) is 6.87. The molecule has 1 heterocycles. The van der Waals surface area contributed by atoms with Crippen LogP contribution in [0.3, 0.4) is 0 Å². The van der Waals surface area contributed by atoms with Crippen molar-refractivity contribution in [2.75, 3.05) is 0 Å². The molecule has 0 spiro atoms. The highest BCUT2D eigenvalue weighted by Crippen LogP contribution is 2.34. The van der Waals surface area contributed by atoms with Crippen molar-refractivity contribution < 1.29 is 0 Å². The predicted octanol–water partition coefficient (Wildman–Crippen LogP) is 5.58. The van der Waals surface area contributed by atoms with Crippen LogP contribution in [0.4, 0.5) is 0 Å². The molecule has 0 N–H and O–H groups in total. The number of pyridine rings is 1. The van der Waals surface area contributed by atoms with E-state index in [2.05, 4.69) is 39.0 Å². The van der Waals surface area contributed by atoms with Gasteiger partial charge < -0.3 is 0 Å². The van der Waals surface area contributed by atoms with E-state index in [-0.39, 0.29) is 5.41 Å². The van der Waals surface area contributed by atoms with E-state index in [9.17, 15) is 5.26 Å². The van der Waals surface area contributed by atoms with Crippen LogP contribution >= 0.6 is 0 Å². The van der Waals surface area contributed by atoms with E-state index in [0.717, 1.165) is 28.1 Å². The van der Waals surface area contributed by atoms with Gasteiger partial charge in [0.05, 0.1) is 17.0 Å². The summed E-state index contributed by atoms with van der Waals surface area (Å²) < 4.78 is 0. The van der Waals surface area contributed by atoms with E-state index in [1.54, 1.807) is 0 Å². The van der Waals surface area contributed by atoms with Crippen LogP contribution < -0.4 is 0 Å². The van der Waals surface area contributed by atoms with Gasteiger partial charge in [-0.3, -0.25) is 4.98 Å². The van der Waals surface area contributed by atoms with Gasteiger partial charge in [0.15, 0.2) is 0 Å². The minimum Gasteiger partial charge on any atom is -0.251 e. The molecule has 0 aliphatic carbocycles. The van der Waals surface area contributed by atoms with Crippen LogP contribution in [-0.2, 0) is 5.41 Å². The van der Waals surface area contributed by atoms with E-state index in [4.69, 9.17) is 4.98 Å². The lowest BCUT2D eigenvalue weighted by atomic mass is 9.85. The molecule has 0 aliphatic heterocycles. The largest absolute Gasteiger partial charge is 0.251 e. The molecule has 3 aromatic rings. The normalized spacial score (nSPS) is 11.1. The summed E-state index contributed by atoms with van der Waals surface area (Å²) in [6.45, 7) is 6.29. The lowest BCUT2D eigenvalue weighted by Crippen LogP contribution is -2.17. The molecule has 0 saturated heterocycles. The third kappa shape index (κ3) is 3.07. The van der Waals surface area contributed by atoms with Crippen molar-refractivity contribution in [3.05, 3.63) is 78.0 Å². The zero-order valence-corrected chi connectivity index (χ0v) is 14.2. The molecule has 0 amide bonds. The zero-order chi connectivity index (χ0) is 17.2. The molecular formula is C22H20N2. The van der Waals surface area contributed by atoms with Gasteiger partial charge in [-0.25, -0.2) is 0 Å². The molecule has 118 valence electrons. The van der Waals surface area contributed by atoms with E-state index in [1.807, 2.05) is 54.6 Å². The van der Waals surface area contributed by atoms with Gasteiger partial charge in [0.1, 0.15) is 6.07 Å². The summed E-state index contributed by atoms with van der Waals surface area (Å²) in [5.74, 6) is 0. The summed E-state index contributed by atoms with van der Waals surface area (Å²) >= 11 is 0. The Morgan fingerprint density at radius 2 is 1.38 bits per heavy atom. The molecule has 0 fully saturated rings. The molecule has 0 atom stereocenters. The van der Waals surface area contributed by atoms with Gasteiger partial charge in [0.2, 0.25) is 0 Å². The summed E-state index contributed by atoms with van der Waals surface area (Å²) in [6.07, 6.45) is 0. The fraction of sp³-hybridized carbons (Fsp3) is 0.182. The Hall–Kier alpha value is -2.92. The number of hydrogen-bond acceptors (Lipinski definition) is 2. The highest BCUT2D eigenvalue weighted by Gasteiger charge is 2.24. The van der Waals surface area contributed by atoms with Crippen molar-refractivity contribution in [1.82, 2.24) is 4.98 Å². The third-order valence-electron chi connectivity index (χ3n) is 4.00. The van der Waals surface area contributed by atoms with Crippen molar-refractivity contribution in [2.24, 2.45) is 0 Å². The lowest BCUT2D eigenvalue weighted by molar-refractivity contribution is 0.568. The topological polar surface area (TPSA) is 36.7 Å². The monoisotopic (exact) mass is 312 g/mol. The van der Waals surface area contributed by atoms with Crippen molar-refractivity contribution in [3.8, 4) is 28.5 Å². The minimum absolute atomic E-state index is 0.209. The van der Waals surface area contributed by atoms with E-state index in [1.165, 1.54) is 0 Å². The Labute approximate surface area is 143 Å². The molecule has 2 heteroatoms. The Morgan fingerprint density at radius 3 is 1.88 bits per heavy atom. The van der Waals surface area contributed by atoms with E-state index >= 15 is 0 Å². The minimum atomic E-state index is -0.209. The highest BCUT2D eigenvalue weighted by molar-refractivity contribution is 5.77. The van der Waals surface area contributed by atoms with Gasteiger partial charge in [-0.15, -0.1) is 0 Å². The Morgan fingerprint density at radius 1 is 0.833 bits per heavy atom. The summed E-state index contributed by atoms with van der Waals surface area (Å²) in [5, 5.41) is 9.80. The number of rotatable bonds is 2. The first-order chi connectivity index (χ1) is 11.5. The summed E-state index contributed by atoms with van der Waals surface area (Å²) in [4.78, 5) is 4.85. The standard InChI is InChI=1S/C22H20N2/c1-22(2,3)21-19(15-23)18(16-10-6-4-7-11-16)14-20(24-21)17-12-8-5-9-13-17/h4-14H,1-3H3. The van der Waals surface area contributed by atoms with Gasteiger partial charge in [-0.1, -0.05) is 81.4 Å². The van der Waals surface area contributed by atoms with Gasteiger partial charge in [0, 0.05) is 16.5 Å². The Bertz CT molecular complexity index is 883. The van der Waals surface area contributed by atoms with Crippen molar-refractivity contribution in [3.63, 3.8) is 0 Å². The fourth-order valence-corrected chi connectivity index (χ4v) is 2.80. The average Bonchev–Trinajstić information content (AvgIpc) is 2.61. The SMILES string of the molecule is CC(C)(C)c1nc(-c2ccccc2)cc(-c2ccccc2)c1C#N. The molecule has 1 aromatic heterocycles. The van der Waals surface area contributed by atoms with Gasteiger partial charge >= 0.3 is 0 Å². The van der Waals surface area contributed by atoms with Crippen LogP contribution in [0.25, 0.3) is 22.4 Å². The van der Waals surface area contributed by atoms with E-state index in [0.29, 0.717) is 5.56 Å². The second kappa shape index (κ2) is 6.29. The smallest absolute Gasteiger partial charge is 0.102 e. The maximum atomic E-state index is 9.80. The molecule has 24 heavy (non-hydrogen) atoms. The van der Waals surface area contributed by atoms with Crippen LogP contribution in [0.1, 0.15) is 32.0 Å². The van der Waals surface area contributed by atoms with Crippen molar-refractivity contribution >= 4 is 0 Å². The first-order valence-electron chi connectivity index (χ1n) is 8.07. The number of benzene rings is 2. The lowest BCUT2D eigenvalue weighted by Gasteiger charge is -2.22. The van der Waals surface area contributed by atoms with Crippen LogP contribution in [0.15, 0.2) is 66.7 Å². The number of aromatic nitrogens is 1. The summed E-state index contributed by atoms with van der Waals surface area (Å²) in [7, 11) is 0. The maximum Gasteiger partial charge on any atom is 0.102 e. The molecule has 2 nitrogen and oxygen atoms in total. The van der Waals surface area contributed by atoms with Crippen LogP contribution in [0, 0.1) is 11.3 Å². The van der Waals surface area contributed by atoms with Gasteiger partial charge in [0.25, 0.3) is 0 Å². The molecule has 0 saturated carbocycles. The van der Waals surface area contributed by atoms with Gasteiger partial charge in [-0.05, 0) is 11.6 Å². The fourth-order valence-electron chi connectivity index (χ4n) is 2.80. The number of nitrogens with zero attached hydrogens (tertiary/aromatic N) is 2. The predicted molar refractivity (Wildman–Crippen MR) is 98.5 cm³/mol. The quantitative estimate of drug-likeness (QED) is 0.619. The highest BCUT2D eigenvalue weighted by atomic mass is 14.7. The second-order valence-corrected chi connectivity index (χ2v) is 6.87. The summed E-state index contributed by atoms with van der Waals surface area (Å²) in [5.41, 5.74) is 5.23. The van der Waals surface area contributed by atoms with Gasteiger partial charge in [-0.2, -0.15) is 5.26 Å². The first kappa shape index (κ1) is 16.0. The van der Waals surface area contributed by atoms with Crippen molar-refractivity contribution in [2.45, 2.75) is 26.2 Å². The Balaban J connectivity index is 2.34. The van der Waals surface area contributed by atoms with Crippen LogP contribution in [-0.4, -0.2) is 4.98 Å². The number of nitriles is 1. The molecule has 0 unspecified atom stereocenters.